The predicted octanol–water partition coefficient (Wildman–Crippen LogP) is 3.64. The fourth-order valence-corrected chi connectivity index (χ4v) is 2.78. The average molecular weight is 292 g/mol. The number of carboxylic acid groups (broad SMARTS) is 1. The zero-order valence-corrected chi connectivity index (χ0v) is 11.2. The van der Waals surface area contributed by atoms with Gasteiger partial charge in [-0.2, -0.15) is 5.10 Å². The summed E-state index contributed by atoms with van der Waals surface area (Å²) in [7, 11) is 0. The number of hydrogen-bond donors (Lipinski definition) is 1. The summed E-state index contributed by atoms with van der Waals surface area (Å²) >= 11 is 0. The van der Waals surface area contributed by atoms with Crippen LogP contribution in [0.1, 0.15) is 42.1 Å². The van der Waals surface area contributed by atoms with E-state index in [1.807, 2.05) is 0 Å². The van der Waals surface area contributed by atoms with Crippen molar-refractivity contribution in [3.63, 3.8) is 0 Å². The minimum absolute atomic E-state index is 0.00514. The number of halogens is 2. The van der Waals surface area contributed by atoms with Gasteiger partial charge in [-0.1, -0.05) is 12.8 Å². The quantitative estimate of drug-likeness (QED) is 0.939. The van der Waals surface area contributed by atoms with Gasteiger partial charge in [-0.3, -0.25) is 4.68 Å². The lowest BCUT2D eigenvalue weighted by Crippen LogP contribution is -2.05. The summed E-state index contributed by atoms with van der Waals surface area (Å²) in [6.07, 6.45) is 5.47. The van der Waals surface area contributed by atoms with Crippen LogP contribution >= 0.6 is 0 Å². The molecule has 1 aromatic carbocycles. The normalized spacial score (nSPS) is 15.5. The third-order valence-corrected chi connectivity index (χ3v) is 3.85. The molecule has 0 bridgehead atoms. The van der Waals surface area contributed by atoms with Gasteiger partial charge in [0.05, 0.1) is 6.04 Å². The van der Waals surface area contributed by atoms with Crippen LogP contribution in [0.15, 0.2) is 24.4 Å². The highest BCUT2D eigenvalue weighted by Crippen LogP contribution is 2.32. The van der Waals surface area contributed by atoms with Crippen molar-refractivity contribution in [2.45, 2.75) is 31.7 Å². The van der Waals surface area contributed by atoms with E-state index in [1.165, 1.54) is 12.3 Å². The van der Waals surface area contributed by atoms with E-state index >= 15 is 0 Å². The second kappa shape index (κ2) is 5.27. The molecule has 0 unspecified atom stereocenters. The highest BCUT2D eigenvalue weighted by atomic mass is 19.1. The van der Waals surface area contributed by atoms with E-state index < -0.39 is 17.6 Å². The van der Waals surface area contributed by atoms with Gasteiger partial charge in [0.15, 0.2) is 0 Å². The number of rotatable bonds is 3. The van der Waals surface area contributed by atoms with Crippen LogP contribution in [-0.2, 0) is 0 Å². The Bertz CT molecular complexity index is 691. The van der Waals surface area contributed by atoms with Gasteiger partial charge in [-0.05, 0) is 25.0 Å². The molecule has 1 aliphatic rings. The Morgan fingerprint density at radius 1 is 1.29 bits per heavy atom. The lowest BCUT2D eigenvalue weighted by Gasteiger charge is -2.08. The van der Waals surface area contributed by atoms with Gasteiger partial charge in [-0.15, -0.1) is 0 Å². The summed E-state index contributed by atoms with van der Waals surface area (Å²) in [5, 5.41) is 13.5. The van der Waals surface area contributed by atoms with Gasteiger partial charge in [-0.25, -0.2) is 13.6 Å². The van der Waals surface area contributed by atoms with Crippen molar-refractivity contribution in [1.29, 1.82) is 0 Å². The molecule has 1 heterocycles. The van der Waals surface area contributed by atoms with Crippen molar-refractivity contribution < 1.29 is 18.7 Å². The summed E-state index contributed by atoms with van der Waals surface area (Å²) in [4.78, 5) is 11.4. The van der Waals surface area contributed by atoms with Crippen molar-refractivity contribution in [1.82, 2.24) is 9.78 Å². The molecular weight excluding hydrogens is 278 g/mol. The van der Waals surface area contributed by atoms with Crippen LogP contribution in [0.2, 0.25) is 0 Å². The highest BCUT2D eigenvalue weighted by molar-refractivity contribution is 5.94. The maximum absolute atomic E-state index is 13.9. The fraction of sp³-hybridized carbons (Fsp3) is 0.333. The molecule has 0 radical (unpaired) electrons. The topological polar surface area (TPSA) is 55.1 Å². The Morgan fingerprint density at radius 3 is 2.62 bits per heavy atom. The summed E-state index contributed by atoms with van der Waals surface area (Å²) in [6, 6.07) is 3.20. The summed E-state index contributed by atoms with van der Waals surface area (Å²) in [5.74, 6) is -2.68. The summed E-state index contributed by atoms with van der Waals surface area (Å²) in [6.45, 7) is 0. The Labute approximate surface area is 120 Å². The molecule has 3 rings (SSSR count). The number of aromatic carboxylic acids is 1. The second-order valence-corrected chi connectivity index (χ2v) is 5.24. The second-order valence-electron chi connectivity index (χ2n) is 5.24. The molecule has 0 aliphatic heterocycles. The Kier molecular flexibility index (Phi) is 3.45. The molecule has 2 aromatic rings. The molecule has 1 N–H and O–H groups in total. The molecule has 0 amide bonds. The van der Waals surface area contributed by atoms with Crippen LogP contribution in [0, 0.1) is 11.6 Å². The lowest BCUT2D eigenvalue weighted by atomic mass is 10.1. The molecule has 110 valence electrons. The molecule has 21 heavy (non-hydrogen) atoms. The fourth-order valence-electron chi connectivity index (χ4n) is 2.78. The molecule has 0 atom stereocenters. The number of benzene rings is 1. The van der Waals surface area contributed by atoms with E-state index in [4.69, 9.17) is 0 Å². The van der Waals surface area contributed by atoms with Gasteiger partial charge in [0.25, 0.3) is 0 Å². The maximum atomic E-state index is 13.9. The first kappa shape index (κ1) is 13.7. The van der Waals surface area contributed by atoms with Crippen molar-refractivity contribution in [2.75, 3.05) is 0 Å². The minimum Gasteiger partial charge on any atom is -0.478 e. The first-order chi connectivity index (χ1) is 10.1. The first-order valence-electron chi connectivity index (χ1n) is 6.84. The SMILES string of the molecule is O=C(O)c1cn(C2CCCC2)nc1-c1ccc(F)cc1F. The van der Waals surface area contributed by atoms with Gasteiger partial charge in [0.2, 0.25) is 0 Å². The monoisotopic (exact) mass is 292 g/mol. The minimum atomic E-state index is -1.17. The molecule has 1 aliphatic carbocycles. The number of carbonyl (C=O) groups is 1. The predicted molar refractivity (Wildman–Crippen MR) is 72.0 cm³/mol. The maximum Gasteiger partial charge on any atom is 0.339 e. The number of aromatic nitrogens is 2. The van der Waals surface area contributed by atoms with Crippen molar-refractivity contribution in [3.05, 3.63) is 41.6 Å². The largest absolute Gasteiger partial charge is 0.478 e. The van der Waals surface area contributed by atoms with Crippen LogP contribution in [0.5, 0.6) is 0 Å². The van der Waals surface area contributed by atoms with E-state index in [1.54, 1.807) is 4.68 Å². The number of carboxylic acids is 1. The van der Waals surface area contributed by atoms with Crippen molar-refractivity contribution >= 4 is 5.97 Å². The smallest absolute Gasteiger partial charge is 0.339 e. The Hall–Kier alpha value is -2.24. The molecule has 1 aromatic heterocycles. The lowest BCUT2D eigenvalue weighted by molar-refractivity contribution is 0.0697. The van der Waals surface area contributed by atoms with E-state index in [9.17, 15) is 18.7 Å². The summed E-state index contributed by atoms with van der Waals surface area (Å²) < 4.78 is 28.5. The van der Waals surface area contributed by atoms with Crippen molar-refractivity contribution in [3.8, 4) is 11.3 Å². The van der Waals surface area contributed by atoms with Crippen LogP contribution in [0.3, 0.4) is 0 Å². The van der Waals surface area contributed by atoms with Crippen molar-refractivity contribution in [2.24, 2.45) is 0 Å². The average Bonchev–Trinajstić information content (AvgIpc) is 3.07. The Morgan fingerprint density at radius 2 is 2.00 bits per heavy atom. The van der Waals surface area contributed by atoms with E-state index in [-0.39, 0.29) is 22.9 Å². The molecule has 4 nitrogen and oxygen atoms in total. The van der Waals surface area contributed by atoms with E-state index in [0.717, 1.165) is 37.8 Å². The highest BCUT2D eigenvalue weighted by Gasteiger charge is 2.24. The molecule has 1 saturated carbocycles. The zero-order valence-electron chi connectivity index (χ0n) is 11.2. The summed E-state index contributed by atoms with van der Waals surface area (Å²) in [5.41, 5.74) is -0.00939. The third kappa shape index (κ3) is 2.53. The standard InChI is InChI=1S/C15H14F2N2O2/c16-9-5-6-11(13(17)7-9)14-12(15(20)21)8-19(18-14)10-3-1-2-4-10/h5-8,10H,1-4H2,(H,20,21). The van der Waals surface area contributed by atoms with Gasteiger partial charge in [0.1, 0.15) is 22.9 Å². The zero-order chi connectivity index (χ0) is 15.0. The third-order valence-electron chi connectivity index (χ3n) is 3.85. The molecule has 1 fully saturated rings. The molecule has 6 heteroatoms. The van der Waals surface area contributed by atoms with Gasteiger partial charge in [0, 0.05) is 17.8 Å². The van der Waals surface area contributed by atoms with Gasteiger partial charge >= 0.3 is 5.97 Å². The Balaban J connectivity index is 2.09. The van der Waals surface area contributed by atoms with Crippen LogP contribution in [-0.4, -0.2) is 20.9 Å². The molecular formula is C15H14F2N2O2. The molecule has 0 saturated heterocycles. The van der Waals surface area contributed by atoms with Crippen LogP contribution in [0.25, 0.3) is 11.3 Å². The van der Waals surface area contributed by atoms with E-state index in [2.05, 4.69) is 5.10 Å². The van der Waals surface area contributed by atoms with Gasteiger partial charge < -0.3 is 5.11 Å². The van der Waals surface area contributed by atoms with E-state index in [0.29, 0.717) is 0 Å². The van der Waals surface area contributed by atoms with Crippen LogP contribution < -0.4 is 0 Å². The van der Waals surface area contributed by atoms with Crippen LogP contribution in [0.4, 0.5) is 8.78 Å². The number of hydrogen-bond acceptors (Lipinski definition) is 2. The first-order valence-corrected chi connectivity index (χ1v) is 6.84. The molecule has 0 spiro atoms. The number of nitrogens with zero attached hydrogens (tertiary/aromatic N) is 2.